The van der Waals surface area contributed by atoms with Crippen molar-refractivity contribution in [2.75, 3.05) is 7.11 Å². The Morgan fingerprint density at radius 2 is 2.06 bits per heavy atom. The van der Waals surface area contributed by atoms with Crippen molar-refractivity contribution >= 4 is 11.3 Å². The molecule has 0 saturated heterocycles. The van der Waals surface area contributed by atoms with Crippen LogP contribution < -0.4 is 10.5 Å². The fourth-order valence-electron chi connectivity index (χ4n) is 2.49. The molecule has 16 heavy (non-hydrogen) atoms. The number of thiophene rings is 1. The van der Waals surface area contributed by atoms with Gasteiger partial charge in [0.15, 0.2) is 0 Å². The lowest BCUT2D eigenvalue weighted by Gasteiger charge is -2.30. The summed E-state index contributed by atoms with van der Waals surface area (Å²) in [6, 6.07) is 2.30. The Bertz CT molecular complexity index is 328. The molecule has 0 aromatic carbocycles. The van der Waals surface area contributed by atoms with Crippen LogP contribution in [-0.4, -0.2) is 7.11 Å². The largest absolute Gasteiger partial charge is 0.496 e. The van der Waals surface area contributed by atoms with Gasteiger partial charge in [-0.05, 0) is 30.7 Å². The molecule has 1 heterocycles. The molecule has 0 amide bonds. The molecule has 0 bridgehead atoms. The third-order valence-electron chi connectivity index (χ3n) is 3.73. The maximum atomic E-state index is 6.34. The Morgan fingerprint density at radius 3 is 2.62 bits per heavy atom. The average molecular weight is 239 g/mol. The second-order valence-corrected chi connectivity index (χ2v) is 5.88. The summed E-state index contributed by atoms with van der Waals surface area (Å²) in [7, 11) is 1.71. The molecule has 3 heteroatoms. The predicted octanol–water partition coefficient (Wildman–Crippen LogP) is 3.58. The molecule has 1 aliphatic rings. The molecule has 2 nitrogen and oxygen atoms in total. The Balaban J connectivity index is 1.98. The maximum absolute atomic E-state index is 6.34. The average Bonchev–Trinajstić information content (AvgIpc) is 2.77. The Hall–Kier alpha value is -0.540. The van der Waals surface area contributed by atoms with Crippen LogP contribution in [0.1, 0.15) is 43.5 Å². The predicted molar refractivity (Wildman–Crippen MR) is 68.9 cm³/mol. The zero-order valence-corrected chi connectivity index (χ0v) is 10.9. The van der Waals surface area contributed by atoms with Crippen molar-refractivity contribution in [3.63, 3.8) is 0 Å². The van der Waals surface area contributed by atoms with Gasteiger partial charge in [-0.15, -0.1) is 11.3 Å². The van der Waals surface area contributed by atoms with Crippen LogP contribution in [0.2, 0.25) is 0 Å². The van der Waals surface area contributed by atoms with Gasteiger partial charge in [-0.3, -0.25) is 0 Å². The van der Waals surface area contributed by atoms with Crippen LogP contribution in [0.5, 0.6) is 5.75 Å². The lowest BCUT2D eigenvalue weighted by atomic mass is 9.79. The van der Waals surface area contributed by atoms with Crippen LogP contribution in [-0.2, 0) is 0 Å². The molecule has 2 rings (SSSR count). The van der Waals surface area contributed by atoms with E-state index in [4.69, 9.17) is 10.5 Å². The van der Waals surface area contributed by atoms with Crippen LogP contribution in [0.4, 0.5) is 0 Å². The van der Waals surface area contributed by atoms with Crippen molar-refractivity contribution in [2.24, 2.45) is 17.6 Å². The van der Waals surface area contributed by atoms with Crippen molar-refractivity contribution in [2.45, 2.75) is 38.6 Å². The van der Waals surface area contributed by atoms with E-state index < -0.39 is 0 Å². The highest BCUT2D eigenvalue weighted by atomic mass is 32.1. The second-order valence-electron chi connectivity index (χ2n) is 4.93. The van der Waals surface area contributed by atoms with Gasteiger partial charge in [0.25, 0.3) is 0 Å². The Morgan fingerprint density at radius 1 is 1.38 bits per heavy atom. The summed E-state index contributed by atoms with van der Waals surface area (Å²) in [5.74, 6) is 2.50. The first-order valence-electron chi connectivity index (χ1n) is 6.08. The van der Waals surface area contributed by atoms with Crippen LogP contribution in [0.3, 0.4) is 0 Å². The topological polar surface area (TPSA) is 35.2 Å². The first-order chi connectivity index (χ1) is 7.70. The van der Waals surface area contributed by atoms with E-state index in [0.717, 1.165) is 11.7 Å². The summed E-state index contributed by atoms with van der Waals surface area (Å²) in [5.41, 5.74) is 6.34. The molecule has 2 N–H and O–H groups in total. The van der Waals surface area contributed by atoms with E-state index in [1.807, 2.05) is 5.38 Å². The van der Waals surface area contributed by atoms with Gasteiger partial charge in [0.05, 0.1) is 7.11 Å². The standard InChI is InChI=1S/C13H21NOS/c1-9-3-5-10(6-4-9)13(14)12-7-11(15-2)8-16-12/h7-10,13H,3-6,14H2,1-2H3. The van der Waals surface area contributed by atoms with Crippen molar-refractivity contribution in [3.05, 3.63) is 16.3 Å². The van der Waals surface area contributed by atoms with Gasteiger partial charge >= 0.3 is 0 Å². The Labute approximate surface area is 102 Å². The number of nitrogens with two attached hydrogens (primary N) is 1. The molecule has 1 atom stereocenters. The summed E-state index contributed by atoms with van der Waals surface area (Å²) >= 11 is 1.73. The first kappa shape index (κ1) is 11.9. The molecular formula is C13H21NOS. The molecule has 1 saturated carbocycles. The summed E-state index contributed by atoms with van der Waals surface area (Å²) in [5, 5.41) is 2.04. The van der Waals surface area contributed by atoms with E-state index >= 15 is 0 Å². The van der Waals surface area contributed by atoms with E-state index in [1.165, 1.54) is 30.6 Å². The van der Waals surface area contributed by atoms with Gasteiger partial charge in [-0.1, -0.05) is 19.8 Å². The summed E-state index contributed by atoms with van der Waals surface area (Å²) in [6.07, 6.45) is 5.23. The van der Waals surface area contributed by atoms with Crippen molar-refractivity contribution < 1.29 is 4.74 Å². The van der Waals surface area contributed by atoms with Crippen LogP contribution in [0.25, 0.3) is 0 Å². The van der Waals surface area contributed by atoms with Crippen LogP contribution in [0.15, 0.2) is 11.4 Å². The normalized spacial score (nSPS) is 27.7. The molecule has 0 spiro atoms. The van der Waals surface area contributed by atoms with Crippen LogP contribution in [0, 0.1) is 11.8 Å². The number of hydrogen-bond donors (Lipinski definition) is 1. The summed E-state index contributed by atoms with van der Waals surface area (Å²) in [4.78, 5) is 1.27. The fourth-order valence-corrected chi connectivity index (χ4v) is 3.44. The SMILES string of the molecule is COc1csc(C(N)C2CCC(C)CC2)c1. The number of rotatable bonds is 3. The van der Waals surface area contributed by atoms with Gasteiger partial charge in [0, 0.05) is 16.3 Å². The van der Waals surface area contributed by atoms with Gasteiger partial charge in [-0.25, -0.2) is 0 Å². The number of hydrogen-bond acceptors (Lipinski definition) is 3. The second kappa shape index (κ2) is 5.19. The van der Waals surface area contributed by atoms with Gasteiger partial charge in [-0.2, -0.15) is 0 Å². The molecule has 90 valence electrons. The molecule has 1 unspecified atom stereocenters. The maximum Gasteiger partial charge on any atom is 0.129 e. The van der Waals surface area contributed by atoms with Gasteiger partial charge < -0.3 is 10.5 Å². The number of methoxy groups -OCH3 is 1. The van der Waals surface area contributed by atoms with E-state index in [0.29, 0.717) is 5.92 Å². The summed E-state index contributed by atoms with van der Waals surface area (Å²) < 4.78 is 5.20. The van der Waals surface area contributed by atoms with Crippen molar-refractivity contribution in [1.29, 1.82) is 0 Å². The molecule has 1 aliphatic carbocycles. The molecule has 1 aromatic heterocycles. The minimum absolute atomic E-state index is 0.210. The Kier molecular flexibility index (Phi) is 3.87. The highest BCUT2D eigenvalue weighted by Gasteiger charge is 2.25. The van der Waals surface area contributed by atoms with Crippen molar-refractivity contribution in [1.82, 2.24) is 0 Å². The quantitative estimate of drug-likeness (QED) is 0.875. The lowest BCUT2D eigenvalue weighted by molar-refractivity contribution is 0.257. The van der Waals surface area contributed by atoms with Gasteiger partial charge in [0.2, 0.25) is 0 Å². The fraction of sp³-hybridized carbons (Fsp3) is 0.692. The minimum Gasteiger partial charge on any atom is -0.496 e. The first-order valence-corrected chi connectivity index (χ1v) is 6.96. The smallest absolute Gasteiger partial charge is 0.129 e. The monoisotopic (exact) mass is 239 g/mol. The highest BCUT2D eigenvalue weighted by Crippen LogP contribution is 2.38. The highest BCUT2D eigenvalue weighted by molar-refractivity contribution is 7.10. The minimum atomic E-state index is 0.210. The van der Waals surface area contributed by atoms with E-state index in [1.54, 1.807) is 18.4 Å². The third-order valence-corrected chi connectivity index (χ3v) is 4.74. The van der Waals surface area contributed by atoms with E-state index in [2.05, 4.69) is 13.0 Å². The van der Waals surface area contributed by atoms with Crippen molar-refractivity contribution in [3.8, 4) is 5.75 Å². The zero-order valence-electron chi connectivity index (χ0n) is 10.1. The van der Waals surface area contributed by atoms with Gasteiger partial charge in [0.1, 0.15) is 5.75 Å². The van der Waals surface area contributed by atoms with E-state index in [9.17, 15) is 0 Å². The molecule has 1 fully saturated rings. The van der Waals surface area contributed by atoms with E-state index in [-0.39, 0.29) is 6.04 Å². The zero-order chi connectivity index (χ0) is 11.5. The molecular weight excluding hydrogens is 218 g/mol. The third kappa shape index (κ3) is 2.58. The molecule has 1 aromatic rings. The number of ether oxygens (including phenoxy) is 1. The molecule has 0 radical (unpaired) electrons. The molecule has 0 aliphatic heterocycles. The lowest BCUT2D eigenvalue weighted by Crippen LogP contribution is -2.24. The summed E-state index contributed by atoms with van der Waals surface area (Å²) in [6.45, 7) is 2.34. The van der Waals surface area contributed by atoms with Crippen LogP contribution >= 0.6 is 11.3 Å².